The predicted molar refractivity (Wildman–Crippen MR) is 118 cm³/mol. The molecule has 3 aromatic rings. The Bertz CT molecular complexity index is 1240. The van der Waals surface area contributed by atoms with Crippen molar-refractivity contribution >= 4 is 11.8 Å². The van der Waals surface area contributed by atoms with Crippen LogP contribution in [0.2, 0.25) is 0 Å². The number of pyridine rings is 1. The minimum absolute atomic E-state index is 0.0543. The molecule has 13 heteroatoms. The maximum Gasteiger partial charge on any atom is 0.424 e. The number of ether oxygens (including phenoxy) is 1. The van der Waals surface area contributed by atoms with Crippen LogP contribution in [-0.2, 0) is 16.8 Å². The number of hydrogen-bond acceptors (Lipinski definition) is 7. The fourth-order valence-electron chi connectivity index (χ4n) is 3.28. The van der Waals surface area contributed by atoms with Gasteiger partial charge in [-0.25, -0.2) is 14.4 Å². The van der Waals surface area contributed by atoms with Crippen LogP contribution >= 0.6 is 0 Å². The average Bonchev–Trinajstić information content (AvgIpc) is 2.83. The number of nitrogens with zero attached hydrogens (tertiary/aromatic N) is 3. The summed E-state index contributed by atoms with van der Waals surface area (Å²) in [6, 6.07) is 5.46. The first-order valence-corrected chi connectivity index (χ1v) is 10.5. The lowest BCUT2D eigenvalue weighted by molar-refractivity contribution is -0.265. The molecule has 0 saturated carbocycles. The molecule has 9 nitrogen and oxygen atoms in total. The molecule has 0 bridgehead atoms. The third-order valence-electron chi connectivity index (χ3n) is 5.01. The maximum absolute atomic E-state index is 14.2. The number of nitrogens with two attached hydrogens (primary N) is 1. The number of carbonyl (C=O) groups is 2. The molecule has 0 radical (unpaired) electrons. The van der Waals surface area contributed by atoms with Crippen molar-refractivity contribution in [3.63, 3.8) is 0 Å². The SMILES string of the molecule is CCOc1c(CC(N)=O)cc([C@@](O)(CNC(=O)c2cnccn2)C(F)(F)F)nc1-c1ccc(F)cc1. The Morgan fingerprint density at radius 1 is 1.17 bits per heavy atom. The minimum Gasteiger partial charge on any atom is -0.491 e. The number of halogens is 4. The summed E-state index contributed by atoms with van der Waals surface area (Å²) in [4.78, 5) is 35.4. The summed E-state index contributed by atoms with van der Waals surface area (Å²) in [7, 11) is 0. The van der Waals surface area contributed by atoms with Gasteiger partial charge in [-0.15, -0.1) is 0 Å². The van der Waals surface area contributed by atoms with Gasteiger partial charge in [-0.05, 0) is 37.3 Å². The predicted octanol–water partition coefficient (Wildman–Crippen LogP) is 2.28. The molecule has 36 heavy (non-hydrogen) atoms. The number of aliphatic hydroxyl groups is 1. The molecule has 0 aliphatic heterocycles. The highest BCUT2D eigenvalue weighted by molar-refractivity contribution is 5.91. The van der Waals surface area contributed by atoms with Gasteiger partial charge in [0.2, 0.25) is 11.5 Å². The molecule has 190 valence electrons. The van der Waals surface area contributed by atoms with Crippen molar-refractivity contribution in [1.82, 2.24) is 20.3 Å². The second-order valence-electron chi connectivity index (χ2n) is 7.56. The summed E-state index contributed by atoms with van der Waals surface area (Å²) in [6.07, 6.45) is -2.39. The normalized spacial score (nSPS) is 13.1. The van der Waals surface area contributed by atoms with Crippen molar-refractivity contribution in [1.29, 1.82) is 0 Å². The van der Waals surface area contributed by atoms with Gasteiger partial charge in [0.15, 0.2) is 0 Å². The van der Waals surface area contributed by atoms with Gasteiger partial charge < -0.3 is 20.9 Å². The molecule has 0 fully saturated rings. The molecule has 1 atom stereocenters. The van der Waals surface area contributed by atoms with E-state index in [1.807, 2.05) is 5.32 Å². The van der Waals surface area contributed by atoms with Gasteiger partial charge in [-0.3, -0.25) is 14.6 Å². The Balaban J connectivity index is 2.16. The third-order valence-corrected chi connectivity index (χ3v) is 5.01. The molecule has 1 aromatic carbocycles. The highest BCUT2D eigenvalue weighted by Gasteiger charge is 2.56. The van der Waals surface area contributed by atoms with Gasteiger partial charge in [0.1, 0.15) is 23.0 Å². The van der Waals surface area contributed by atoms with Gasteiger partial charge in [-0.1, -0.05) is 0 Å². The molecule has 3 rings (SSSR count). The van der Waals surface area contributed by atoms with Crippen LogP contribution in [-0.4, -0.2) is 51.2 Å². The van der Waals surface area contributed by atoms with Crippen molar-refractivity contribution < 1.29 is 37.0 Å². The summed E-state index contributed by atoms with van der Waals surface area (Å²) >= 11 is 0. The largest absolute Gasteiger partial charge is 0.491 e. The first-order chi connectivity index (χ1) is 17.0. The Kier molecular flexibility index (Phi) is 7.83. The number of rotatable bonds is 9. The first kappa shape index (κ1) is 26.5. The Morgan fingerprint density at radius 2 is 1.86 bits per heavy atom. The van der Waals surface area contributed by atoms with Crippen LogP contribution in [0.15, 0.2) is 48.9 Å². The summed E-state index contributed by atoms with van der Waals surface area (Å²) in [5.74, 6) is -2.57. The van der Waals surface area contributed by atoms with E-state index in [1.165, 1.54) is 24.5 Å². The lowest BCUT2D eigenvalue weighted by Gasteiger charge is -2.31. The summed E-state index contributed by atoms with van der Waals surface area (Å²) in [6.45, 7) is 0.314. The van der Waals surface area contributed by atoms with Gasteiger partial charge in [-0.2, -0.15) is 13.2 Å². The van der Waals surface area contributed by atoms with Crippen molar-refractivity contribution in [3.05, 3.63) is 71.7 Å². The van der Waals surface area contributed by atoms with E-state index in [0.717, 1.165) is 24.4 Å². The molecule has 4 N–H and O–H groups in total. The first-order valence-electron chi connectivity index (χ1n) is 10.5. The lowest BCUT2D eigenvalue weighted by atomic mass is 9.93. The van der Waals surface area contributed by atoms with Gasteiger partial charge in [0.25, 0.3) is 5.91 Å². The second kappa shape index (κ2) is 10.6. The summed E-state index contributed by atoms with van der Waals surface area (Å²) in [5.41, 5.74) is 0.258. The van der Waals surface area contributed by atoms with Crippen molar-refractivity contribution in [3.8, 4) is 17.0 Å². The molecule has 0 unspecified atom stereocenters. The standard InChI is InChI=1S/C23H21F4N5O4/c1-2-36-20-14(10-18(28)33)9-17(32-19(20)13-3-5-15(24)6-4-13)22(35,23(25,26)27)12-31-21(34)16-11-29-7-8-30-16/h3-9,11,35H,2,10,12H2,1H3,(H2,28,33)(H,31,34)/t22-/m0/s1. The number of alkyl halides is 3. The van der Waals surface area contributed by atoms with Crippen molar-refractivity contribution in [2.24, 2.45) is 5.73 Å². The fourth-order valence-corrected chi connectivity index (χ4v) is 3.28. The fraction of sp³-hybridized carbons (Fsp3) is 0.261. The van der Waals surface area contributed by atoms with E-state index in [-0.39, 0.29) is 34.9 Å². The van der Waals surface area contributed by atoms with Crippen LogP contribution in [0.3, 0.4) is 0 Å². The summed E-state index contributed by atoms with van der Waals surface area (Å²) in [5, 5.41) is 12.8. The van der Waals surface area contributed by atoms with Crippen LogP contribution in [0.1, 0.15) is 28.7 Å². The number of carbonyl (C=O) groups excluding carboxylic acids is 2. The zero-order valence-corrected chi connectivity index (χ0v) is 18.8. The average molecular weight is 507 g/mol. The quantitative estimate of drug-likeness (QED) is 0.378. The van der Waals surface area contributed by atoms with E-state index >= 15 is 0 Å². The van der Waals surface area contributed by atoms with E-state index in [0.29, 0.717) is 0 Å². The highest BCUT2D eigenvalue weighted by Crippen LogP contribution is 2.42. The number of hydrogen-bond donors (Lipinski definition) is 3. The van der Waals surface area contributed by atoms with Gasteiger partial charge >= 0.3 is 6.18 Å². The molecule has 0 spiro atoms. The second-order valence-corrected chi connectivity index (χ2v) is 7.56. The lowest BCUT2D eigenvalue weighted by Crippen LogP contribution is -2.51. The molecule has 2 amide bonds. The third kappa shape index (κ3) is 5.74. The smallest absolute Gasteiger partial charge is 0.424 e. The molecule has 2 aromatic heterocycles. The van der Waals surface area contributed by atoms with Crippen LogP contribution in [0.5, 0.6) is 5.75 Å². The minimum atomic E-state index is -5.33. The zero-order chi connectivity index (χ0) is 26.5. The monoisotopic (exact) mass is 507 g/mol. The molecular weight excluding hydrogens is 486 g/mol. The van der Waals surface area contributed by atoms with E-state index in [9.17, 15) is 32.3 Å². The van der Waals surface area contributed by atoms with E-state index < -0.39 is 48.1 Å². The number of benzene rings is 1. The number of primary amides is 1. The van der Waals surface area contributed by atoms with Crippen LogP contribution in [0.25, 0.3) is 11.3 Å². The van der Waals surface area contributed by atoms with Crippen molar-refractivity contribution in [2.75, 3.05) is 13.2 Å². The Morgan fingerprint density at radius 3 is 2.42 bits per heavy atom. The Labute approximate surface area is 202 Å². The summed E-state index contributed by atoms with van der Waals surface area (Å²) < 4.78 is 61.7. The van der Waals surface area contributed by atoms with E-state index in [1.54, 1.807) is 6.92 Å². The van der Waals surface area contributed by atoms with Crippen LogP contribution < -0.4 is 15.8 Å². The van der Waals surface area contributed by atoms with E-state index in [4.69, 9.17) is 10.5 Å². The number of aromatic nitrogens is 3. The molecule has 0 saturated heterocycles. The molecule has 0 aliphatic carbocycles. The molecular formula is C23H21F4N5O4. The van der Waals surface area contributed by atoms with Gasteiger partial charge in [0.05, 0.1) is 31.5 Å². The number of amides is 2. The zero-order valence-electron chi connectivity index (χ0n) is 18.8. The number of nitrogens with one attached hydrogen (secondary N) is 1. The van der Waals surface area contributed by atoms with Crippen molar-refractivity contribution in [2.45, 2.75) is 25.1 Å². The molecule has 0 aliphatic rings. The van der Waals surface area contributed by atoms with Gasteiger partial charge in [0, 0.05) is 23.5 Å². The molecule has 2 heterocycles. The van der Waals surface area contributed by atoms with E-state index in [2.05, 4.69) is 15.0 Å². The highest BCUT2D eigenvalue weighted by atomic mass is 19.4. The Hall–Kier alpha value is -4.13. The maximum atomic E-state index is 14.2. The van der Waals surface area contributed by atoms with Crippen LogP contribution in [0.4, 0.5) is 17.6 Å². The van der Waals surface area contributed by atoms with Crippen LogP contribution in [0, 0.1) is 5.82 Å². The topological polar surface area (TPSA) is 140 Å².